The van der Waals surface area contributed by atoms with Crippen LogP contribution in [0.3, 0.4) is 0 Å². The van der Waals surface area contributed by atoms with Gasteiger partial charge in [-0.25, -0.2) is 13.2 Å². The maximum Gasteiger partial charge on any atom is 0.169 e. The van der Waals surface area contributed by atoms with Crippen LogP contribution in [-0.2, 0) is 12.8 Å². The molecule has 0 radical (unpaired) electrons. The molecule has 3 aromatic rings. The predicted molar refractivity (Wildman–Crippen MR) is 102 cm³/mol. The molecule has 0 amide bonds. The highest BCUT2D eigenvalue weighted by molar-refractivity contribution is 5.89. The summed E-state index contributed by atoms with van der Waals surface area (Å²) in [7, 11) is 0. The maximum atomic E-state index is 15.0. The molecule has 0 aliphatic carbocycles. The van der Waals surface area contributed by atoms with Crippen LogP contribution in [-0.4, -0.2) is 0 Å². The first-order valence-electron chi connectivity index (χ1n) is 8.86. The number of allylic oxidation sites excluding steroid dienone is 2. The number of fused-ring (bicyclic) bond motifs is 1. The van der Waals surface area contributed by atoms with Crippen molar-refractivity contribution in [1.82, 2.24) is 0 Å². The van der Waals surface area contributed by atoms with Crippen molar-refractivity contribution >= 4 is 10.8 Å². The Bertz CT molecular complexity index is 954. The van der Waals surface area contributed by atoms with Gasteiger partial charge in [-0.3, -0.25) is 0 Å². The molecule has 0 atom stereocenters. The van der Waals surface area contributed by atoms with Gasteiger partial charge in [-0.05, 0) is 54.3 Å². The topological polar surface area (TPSA) is 0 Å². The van der Waals surface area contributed by atoms with Gasteiger partial charge in [0.25, 0.3) is 0 Å². The Hall–Kier alpha value is -2.55. The van der Waals surface area contributed by atoms with Gasteiger partial charge >= 0.3 is 0 Å². The monoisotopic (exact) mass is 354 g/mol. The molecule has 0 fully saturated rings. The molecule has 0 aliphatic heterocycles. The van der Waals surface area contributed by atoms with Crippen molar-refractivity contribution in [1.29, 1.82) is 0 Å². The number of benzene rings is 3. The molecule has 3 rings (SSSR count). The lowest BCUT2D eigenvalue weighted by molar-refractivity contribution is 0.502. The molecule has 134 valence electrons. The molecule has 0 spiro atoms. The minimum atomic E-state index is -1.11. The molecule has 0 saturated heterocycles. The van der Waals surface area contributed by atoms with Gasteiger partial charge in [-0.2, -0.15) is 0 Å². The molecule has 0 heterocycles. The minimum Gasteiger partial charge on any atom is -0.206 e. The van der Waals surface area contributed by atoms with Gasteiger partial charge in [0.1, 0.15) is 5.82 Å². The van der Waals surface area contributed by atoms with Crippen LogP contribution in [0, 0.1) is 17.5 Å². The number of halogens is 3. The quantitative estimate of drug-likeness (QED) is 0.433. The van der Waals surface area contributed by atoms with Crippen molar-refractivity contribution in [2.75, 3.05) is 0 Å². The Balaban J connectivity index is 2.10. The first-order chi connectivity index (χ1) is 12.6. The fourth-order valence-corrected chi connectivity index (χ4v) is 3.17. The summed E-state index contributed by atoms with van der Waals surface area (Å²) in [5.74, 6) is -2.79. The summed E-state index contributed by atoms with van der Waals surface area (Å²) in [6.07, 6.45) is 5.64. The van der Waals surface area contributed by atoms with Crippen LogP contribution >= 0.6 is 0 Å². The Morgan fingerprint density at radius 2 is 1.62 bits per heavy atom. The van der Waals surface area contributed by atoms with E-state index >= 15 is 0 Å². The summed E-state index contributed by atoms with van der Waals surface area (Å²) in [6, 6.07) is 12.3. The average molecular weight is 354 g/mol. The number of rotatable bonds is 5. The van der Waals surface area contributed by atoms with Crippen molar-refractivity contribution in [3.8, 4) is 11.1 Å². The summed E-state index contributed by atoms with van der Waals surface area (Å²) in [5, 5.41) is 0.0974. The summed E-state index contributed by atoms with van der Waals surface area (Å²) >= 11 is 0. The first-order valence-corrected chi connectivity index (χ1v) is 8.86. The Morgan fingerprint density at radius 3 is 2.27 bits per heavy atom. The lowest BCUT2D eigenvalue weighted by atomic mass is 9.96. The van der Waals surface area contributed by atoms with Gasteiger partial charge in [-0.15, -0.1) is 0 Å². The van der Waals surface area contributed by atoms with Crippen LogP contribution in [0.15, 0.2) is 54.6 Å². The van der Waals surface area contributed by atoms with Gasteiger partial charge < -0.3 is 0 Å². The Kier molecular flexibility index (Phi) is 5.46. The van der Waals surface area contributed by atoms with E-state index in [1.54, 1.807) is 18.2 Å². The SMILES string of the molecule is C/C=C/CCc1cc2ccc(-c3ccc(CC)cc3)c(F)c2c(F)c1F. The molecule has 3 heteroatoms. The third-order valence-corrected chi connectivity index (χ3v) is 4.69. The lowest BCUT2D eigenvalue weighted by Crippen LogP contribution is -1.99. The maximum absolute atomic E-state index is 15.0. The standard InChI is InChI=1S/C23H21F3/c1-3-5-6-7-18-14-17-12-13-19(16-10-8-15(4-2)9-11-16)22(25)20(17)23(26)21(18)24/h3,5,8-14H,4,6-7H2,1-2H3/b5-3+. The van der Waals surface area contributed by atoms with E-state index in [4.69, 9.17) is 0 Å². The molecule has 0 nitrogen and oxygen atoms in total. The molecule has 3 aromatic carbocycles. The van der Waals surface area contributed by atoms with Crippen LogP contribution in [0.2, 0.25) is 0 Å². The van der Waals surface area contributed by atoms with E-state index in [1.807, 2.05) is 50.3 Å². The van der Waals surface area contributed by atoms with Crippen LogP contribution < -0.4 is 0 Å². The largest absolute Gasteiger partial charge is 0.206 e. The van der Waals surface area contributed by atoms with E-state index in [0.29, 0.717) is 23.8 Å². The van der Waals surface area contributed by atoms with Gasteiger partial charge in [0.15, 0.2) is 11.6 Å². The van der Waals surface area contributed by atoms with E-state index in [1.165, 1.54) is 0 Å². The van der Waals surface area contributed by atoms with Gasteiger partial charge in [0.05, 0.1) is 5.39 Å². The Labute approximate surface area is 152 Å². The van der Waals surface area contributed by atoms with E-state index < -0.39 is 17.5 Å². The fraction of sp³-hybridized carbons (Fsp3) is 0.217. The number of aryl methyl sites for hydroxylation is 2. The van der Waals surface area contributed by atoms with Crippen LogP contribution in [0.1, 0.15) is 31.4 Å². The Morgan fingerprint density at radius 1 is 0.885 bits per heavy atom. The zero-order valence-corrected chi connectivity index (χ0v) is 15.0. The van der Waals surface area contributed by atoms with Gasteiger partial charge in [0, 0.05) is 5.56 Å². The molecule has 0 N–H and O–H groups in total. The first kappa shape index (κ1) is 18.2. The summed E-state index contributed by atoms with van der Waals surface area (Å²) in [5.41, 5.74) is 2.34. The van der Waals surface area contributed by atoms with E-state index in [9.17, 15) is 13.2 Å². The second kappa shape index (κ2) is 7.77. The predicted octanol–water partition coefficient (Wildman–Crippen LogP) is 7.00. The van der Waals surface area contributed by atoms with E-state index in [-0.39, 0.29) is 16.5 Å². The molecule has 0 unspecified atom stereocenters. The number of hydrogen-bond donors (Lipinski definition) is 0. The second-order valence-corrected chi connectivity index (χ2v) is 6.35. The second-order valence-electron chi connectivity index (χ2n) is 6.35. The zero-order chi connectivity index (χ0) is 18.7. The molecule has 0 aromatic heterocycles. The van der Waals surface area contributed by atoms with Crippen molar-refractivity contribution < 1.29 is 13.2 Å². The molecule has 0 aliphatic rings. The highest BCUT2D eigenvalue weighted by atomic mass is 19.2. The van der Waals surface area contributed by atoms with Crippen LogP contribution in [0.25, 0.3) is 21.9 Å². The third-order valence-electron chi connectivity index (χ3n) is 4.69. The van der Waals surface area contributed by atoms with Crippen LogP contribution in [0.4, 0.5) is 13.2 Å². The molecule has 0 bridgehead atoms. The molecule has 26 heavy (non-hydrogen) atoms. The van der Waals surface area contributed by atoms with Gasteiger partial charge in [-0.1, -0.05) is 55.5 Å². The fourth-order valence-electron chi connectivity index (χ4n) is 3.17. The van der Waals surface area contributed by atoms with Crippen LogP contribution in [0.5, 0.6) is 0 Å². The van der Waals surface area contributed by atoms with Crippen molar-refractivity contribution in [2.45, 2.75) is 33.1 Å². The smallest absolute Gasteiger partial charge is 0.169 e. The average Bonchev–Trinajstić information content (AvgIpc) is 2.66. The molecule has 0 saturated carbocycles. The van der Waals surface area contributed by atoms with E-state index in [0.717, 1.165) is 12.0 Å². The highest BCUT2D eigenvalue weighted by Gasteiger charge is 2.19. The molecular formula is C23H21F3. The minimum absolute atomic E-state index is 0.271. The van der Waals surface area contributed by atoms with E-state index in [2.05, 4.69) is 0 Å². The summed E-state index contributed by atoms with van der Waals surface area (Å²) < 4.78 is 44.0. The van der Waals surface area contributed by atoms with Crippen molar-refractivity contribution in [3.05, 3.63) is 83.2 Å². The summed E-state index contributed by atoms with van der Waals surface area (Å²) in [6.45, 7) is 3.92. The lowest BCUT2D eigenvalue weighted by Gasteiger charge is -2.11. The molecular weight excluding hydrogens is 333 g/mol. The van der Waals surface area contributed by atoms with Gasteiger partial charge in [0.2, 0.25) is 0 Å². The highest BCUT2D eigenvalue weighted by Crippen LogP contribution is 2.33. The summed E-state index contributed by atoms with van der Waals surface area (Å²) in [4.78, 5) is 0. The number of hydrogen-bond acceptors (Lipinski definition) is 0. The zero-order valence-electron chi connectivity index (χ0n) is 15.0. The van der Waals surface area contributed by atoms with Crippen molar-refractivity contribution in [3.63, 3.8) is 0 Å². The normalized spacial score (nSPS) is 11.6. The van der Waals surface area contributed by atoms with Crippen molar-refractivity contribution in [2.24, 2.45) is 0 Å². The third kappa shape index (κ3) is 3.39.